The Bertz CT molecular complexity index is 311. The molecule has 1 unspecified atom stereocenters. The van der Waals surface area contributed by atoms with Crippen LogP contribution in [0.25, 0.3) is 0 Å². The second kappa shape index (κ2) is 5.37. The van der Waals surface area contributed by atoms with Gasteiger partial charge < -0.3 is 5.32 Å². The highest BCUT2D eigenvalue weighted by Gasteiger charge is 2.18. The fraction of sp³-hybridized carbons (Fsp3) is 0.500. The van der Waals surface area contributed by atoms with Gasteiger partial charge in [0.2, 0.25) is 5.91 Å². The topological polar surface area (TPSA) is 29.1 Å². The van der Waals surface area contributed by atoms with Gasteiger partial charge in [-0.3, -0.25) is 4.79 Å². The number of hydrogen-bond donors (Lipinski definition) is 1. The van der Waals surface area contributed by atoms with E-state index in [1.54, 1.807) is 11.3 Å². The number of alkyl halides is 1. The zero-order chi connectivity index (χ0) is 10.6. The zero-order valence-electron chi connectivity index (χ0n) is 8.34. The molecule has 1 heterocycles. The van der Waals surface area contributed by atoms with Crippen LogP contribution in [0.4, 0.5) is 0 Å². The number of halogens is 1. The van der Waals surface area contributed by atoms with E-state index in [2.05, 4.69) is 12.2 Å². The van der Waals surface area contributed by atoms with Gasteiger partial charge in [0.15, 0.2) is 0 Å². The van der Waals surface area contributed by atoms with Crippen LogP contribution >= 0.6 is 22.9 Å². The molecule has 0 spiro atoms. The van der Waals surface area contributed by atoms with Gasteiger partial charge in [-0.1, -0.05) is 6.92 Å². The highest BCUT2D eigenvalue weighted by molar-refractivity contribution is 7.12. The van der Waals surface area contributed by atoms with Crippen molar-refractivity contribution in [1.82, 2.24) is 5.32 Å². The van der Waals surface area contributed by atoms with Crippen molar-refractivity contribution in [3.63, 3.8) is 0 Å². The van der Waals surface area contributed by atoms with E-state index in [4.69, 9.17) is 11.6 Å². The Hall–Kier alpha value is -0.540. The van der Waals surface area contributed by atoms with Gasteiger partial charge in [-0.25, -0.2) is 0 Å². The van der Waals surface area contributed by atoms with Crippen LogP contribution in [0.5, 0.6) is 0 Å². The SMILES string of the molecule is CCNC(=O)C(Cl)c1ccc(CC)s1. The Morgan fingerprint density at radius 1 is 1.57 bits per heavy atom. The molecule has 0 aliphatic carbocycles. The normalized spacial score (nSPS) is 12.5. The Kier molecular flexibility index (Phi) is 4.42. The van der Waals surface area contributed by atoms with E-state index in [-0.39, 0.29) is 5.91 Å². The summed E-state index contributed by atoms with van der Waals surface area (Å²) in [5.41, 5.74) is 0. The van der Waals surface area contributed by atoms with Crippen molar-refractivity contribution in [2.75, 3.05) is 6.54 Å². The highest BCUT2D eigenvalue weighted by atomic mass is 35.5. The Balaban J connectivity index is 2.68. The molecule has 1 rings (SSSR count). The number of nitrogens with one attached hydrogen (secondary N) is 1. The fourth-order valence-electron chi connectivity index (χ4n) is 1.11. The van der Waals surface area contributed by atoms with Crippen molar-refractivity contribution in [1.29, 1.82) is 0 Å². The van der Waals surface area contributed by atoms with Crippen molar-refractivity contribution >= 4 is 28.8 Å². The molecule has 1 aromatic rings. The number of carbonyl (C=O) groups is 1. The largest absolute Gasteiger partial charge is 0.355 e. The molecule has 1 atom stereocenters. The van der Waals surface area contributed by atoms with Gasteiger partial charge in [0.25, 0.3) is 0 Å². The first kappa shape index (κ1) is 11.5. The lowest BCUT2D eigenvalue weighted by Crippen LogP contribution is -2.25. The maximum absolute atomic E-state index is 11.4. The third-order valence-corrected chi connectivity index (χ3v) is 3.72. The predicted octanol–water partition coefficient (Wildman–Crippen LogP) is 2.73. The van der Waals surface area contributed by atoms with Crippen molar-refractivity contribution in [3.8, 4) is 0 Å². The van der Waals surface area contributed by atoms with Gasteiger partial charge in [-0.15, -0.1) is 22.9 Å². The summed E-state index contributed by atoms with van der Waals surface area (Å²) in [4.78, 5) is 13.6. The summed E-state index contributed by atoms with van der Waals surface area (Å²) in [7, 11) is 0. The second-order valence-electron chi connectivity index (χ2n) is 2.91. The third kappa shape index (κ3) is 2.72. The first-order valence-corrected chi connectivity index (χ1v) is 5.94. The molecule has 0 saturated carbocycles. The lowest BCUT2D eigenvalue weighted by atomic mass is 10.3. The number of thiophene rings is 1. The van der Waals surface area contributed by atoms with E-state index in [9.17, 15) is 4.79 Å². The minimum absolute atomic E-state index is 0.112. The van der Waals surface area contributed by atoms with E-state index in [1.165, 1.54) is 4.88 Å². The van der Waals surface area contributed by atoms with Crippen LogP contribution in [-0.2, 0) is 11.2 Å². The molecule has 14 heavy (non-hydrogen) atoms. The summed E-state index contributed by atoms with van der Waals surface area (Å²) in [6, 6.07) is 3.95. The summed E-state index contributed by atoms with van der Waals surface area (Å²) in [5, 5.41) is 2.17. The van der Waals surface area contributed by atoms with E-state index >= 15 is 0 Å². The lowest BCUT2D eigenvalue weighted by molar-refractivity contribution is -0.120. The maximum atomic E-state index is 11.4. The molecular weight excluding hydrogens is 218 g/mol. The summed E-state index contributed by atoms with van der Waals surface area (Å²) in [6.45, 7) is 4.59. The molecule has 1 amide bonds. The quantitative estimate of drug-likeness (QED) is 0.794. The molecule has 0 radical (unpaired) electrons. The minimum Gasteiger partial charge on any atom is -0.355 e. The van der Waals surface area contributed by atoms with E-state index < -0.39 is 5.38 Å². The molecule has 4 heteroatoms. The minimum atomic E-state index is -0.541. The molecule has 0 fully saturated rings. The molecule has 0 bridgehead atoms. The summed E-state index contributed by atoms with van der Waals surface area (Å²) in [5.74, 6) is -0.112. The molecule has 0 aliphatic rings. The first-order chi connectivity index (χ1) is 6.69. The number of rotatable bonds is 4. The molecule has 1 N–H and O–H groups in total. The van der Waals surface area contributed by atoms with Crippen LogP contribution in [0.1, 0.15) is 29.0 Å². The van der Waals surface area contributed by atoms with Crippen LogP contribution in [0, 0.1) is 0 Å². The van der Waals surface area contributed by atoms with Crippen molar-refractivity contribution in [2.45, 2.75) is 25.6 Å². The van der Waals surface area contributed by atoms with Gasteiger partial charge in [0.05, 0.1) is 0 Å². The van der Waals surface area contributed by atoms with Gasteiger partial charge in [0.1, 0.15) is 5.38 Å². The van der Waals surface area contributed by atoms with Crippen molar-refractivity contribution < 1.29 is 4.79 Å². The number of carbonyl (C=O) groups excluding carboxylic acids is 1. The standard InChI is InChI=1S/C10H14ClNOS/c1-3-7-5-6-8(14-7)9(11)10(13)12-4-2/h5-6,9H,3-4H2,1-2H3,(H,12,13). The predicted molar refractivity (Wildman–Crippen MR) is 61.0 cm³/mol. The summed E-state index contributed by atoms with van der Waals surface area (Å²) < 4.78 is 0. The average molecular weight is 232 g/mol. The van der Waals surface area contributed by atoms with Crippen LogP contribution in [-0.4, -0.2) is 12.5 Å². The van der Waals surface area contributed by atoms with Gasteiger partial charge in [-0.2, -0.15) is 0 Å². The lowest BCUT2D eigenvalue weighted by Gasteiger charge is -2.06. The fourth-order valence-corrected chi connectivity index (χ4v) is 2.33. The van der Waals surface area contributed by atoms with Gasteiger partial charge in [-0.05, 0) is 25.5 Å². The molecule has 1 aromatic heterocycles. The molecule has 0 aromatic carbocycles. The van der Waals surface area contributed by atoms with Crippen LogP contribution in [0.2, 0.25) is 0 Å². The van der Waals surface area contributed by atoms with Crippen molar-refractivity contribution in [3.05, 3.63) is 21.9 Å². The van der Waals surface area contributed by atoms with E-state index in [1.807, 2.05) is 19.1 Å². The Morgan fingerprint density at radius 2 is 2.29 bits per heavy atom. The summed E-state index contributed by atoms with van der Waals surface area (Å²) in [6.07, 6.45) is 0.990. The van der Waals surface area contributed by atoms with E-state index in [0.717, 1.165) is 11.3 Å². The second-order valence-corrected chi connectivity index (χ2v) is 4.55. The Morgan fingerprint density at radius 3 is 2.79 bits per heavy atom. The highest BCUT2D eigenvalue weighted by Crippen LogP contribution is 2.28. The number of likely N-dealkylation sites (N-methyl/N-ethyl adjacent to an activating group) is 1. The van der Waals surface area contributed by atoms with Crippen LogP contribution in [0.15, 0.2) is 12.1 Å². The monoisotopic (exact) mass is 231 g/mol. The van der Waals surface area contributed by atoms with Gasteiger partial charge >= 0.3 is 0 Å². The Labute approximate surface area is 93.3 Å². The zero-order valence-corrected chi connectivity index (χ0v) is 9.91. The number of aryl methyl sites for hydroxylation is 1. The number of amides is 1. The van der Waals surface area contributed by atoms with Crippen LogP contribution in [0.3, 0.4) is 0 Å². The summed E-state index contributed by atoms with van der Waals surface area (Å²) >= 11 is 7.61. The molecule has 78 valence electrons. The van der Waals surface area contributed by atoms with Crippen LogP contribution < -0.4 is 5.32 Å². The molecular formula is C10H14ClNOS. The third-order valence-electron chi connectivity index (χ3n) is 1.86. The first-order valence-electron chi connectivity index (χ1n) is 4.69. The molecule has 2 nitrogen and oxygen atoms in total. The number of hydrogen-bond acceptors (Lipinski definition) is 2. The maximum Gasteiger partial charge on any atom is 0.243 e. The van der Waals surface area contributed by atoms with E-state index in [0.29, 0.717) is 6.54 Å². The average Bonchev–Trinajstić information content (AvgIpc) is 2.65. The van der Waals surface area contributed by atoms with Gasteiger partial charge in [0, 0.05) is 16.3 Å². The molecule has 0 aliphatic heterocycles. The van der Waals surface area contributed by atoms with Crippen molar-refractivity contribution in [2.24, 2.45) is 0 Å². The smallest absolute Gasteiger partial charge is 0.243 e. The molecule has 0 saturated heterocycles.